The van der Waals surface area contributed by atoms with Crippen molar-refractivity contribution >= 4 is 5.78 Å². The fourth-order valence-electron chi connectivity index (χ4n) is 2.32. The first-order chi connectivity index (χ1) is 6.08. The van der Waals surface area contributed by atoms with Crippen molar-refractivity contribution in [3.05, 3.63) is 12.2 Å². The van der Waals surface area contributed by atoms with Gasteiger partial charge in [0.1, 0.15) is 0 Å². The van der Waals surface area contributed by atoms with Crippen molar-refractivity contribution in [1.82, 2.24) is 0 Å². The lowest BCUT2D eigenvalue weighted by atomic mass is 9.70. The van der Waals surface area contributed by atoms with Crippen LogP contribution < -0.4 is 0 Å². The Morgan fingerprint density at radius 2 is 2.23 bits per heavy atom. The number of rotatable bonds is 3. The maximum atomic E-state index is 11.6. The van der Waals surface area contributed by atoms with Crippen molar-refractivity contribution in [3.63, 3.8) is 0 Å². The molecular weight excluding hydrogens is 160 g/mol. The molecule has 0 aliphatic heterocycles. The molecule has 0 saturated carbocycles. The topological polar surface area (TPSA) is 17.1 Å². The molecule has 0 spiro atoms. The van der Waals surface area contributed by atoms with Gasteiger partial charge in [-0.1, -0.05) is 33.3 Å². The van der Waals surface area contributed by atoms with Crippen LogP contribution in [0.2, 0.25) is 0 Å². The highest BCUT2D eigenvalue weighted by Crippen LogP contribution is 2.37. The predicted octanol–water partition coefficient (Wildman–Crippen LogP) is 3.35. The number of allylic oxidation sites excluding steroid dienone is 2. The van der Waals surface area contributed by atoms with Crippen LogP contribution in [0.25, 0.3) is 0 Å². The molecule has 0 aromatic carbocycles. The maximum absolute atomic E-state index is 11.6. The molecule has 1 nitrogen and oxygen atoms in total. The Bertz CT molecular complexity index is 213. The van der Waals surface area contributed by atoms with E-state index in [0.29, 0.717) is 5.78 Å². The van der Waals surface area contributed by atoms with Crippen molar-refractivity contribution in [2.45, 2.75) is 46.5 Å². The SMILES string of the molecule is CCCC(C)(C)C1CCC=CC1=O. The summed E-state index contributed by atoms with van der Waals surface area (Å²) in [7, 11) is 0. The summed E-state index contributed by atoms with van der Waals surface area (Å²) in [6.45, 7) is 6.63. The largest absolute Gasteiger partial charge is 0.295 e. The van der Waals surface area contributed by atoms with Crippen molar-refractivity contribution in [2.24, 2.45) is 11.3 Å². The van der Waals surface area contributed by atoms with E-state index in [1.807, 2.05) is 6.08 Å². The number of ketones is 1. The summed E-state index contributed by atoms with van der Waals surface area (Å²) < 4.78 is 0. The smallest absolute Gasteiger partial charge is 0.158 e. The van der Waals surface area contributed by atoms with Crippen molar-refractivity contribution in [2.75, 3.05) is 0 Å². The molecule has 1 heteroatoms. The first-order valence-corrected chi connectivity index (χ1v) is 5.28. The second kappa shape index (κ2) is 4.08. The summed E-state index contributed by atoms with van der Waals surface area (Å²) in [6, 6.07) is 0. The van der Waals surface area contributed by atoms with E-state index in [1.54, 1.807) is 6.08 Å². The lowest BCUT2D eigenvalue weighted by molar-refractivity contribution is -0.122. The quantitative estimate of drug-likeness (QED) is 0.651. The molecule has 0 N–H and O–H groups in total. The van der Waals surface area contributed by atoms with Gasteiger partial charge in [0.15, 0.2) is 5.78 Å². The molecule has 74 valence electrons. The maximum Gasteiger partial charge on any atom is 0.158 e. The van der Waals surface area contributed by atoms with E-state index >= 15 is 0 Å². The highest BCUT2D eigenvalue weighted by atomic mass is 16.1. The highest BCUT2D eigenvalue weighted by molar-refractivity contribution is 5.92. The van der Waals surface area contributed by atoms with Crippen LogP contribution in [0, 0.1) is 11.3 Å². The third kappa shape index (κ3) is 2.43. The van der Waals surface area contributed by atoms with Gasteiger partial charge in [0, 0.05) is 5.92 Å². The average molecular weight is 180 g/mol. The minimum absolute atomic E-state index is 0.191. The molecule has 0 heterocycles. The van der Waals surface area contributed by atoms with E-state index < -0.39 is 0 Å². The standard InChI is InChI=1S/C12H20O/c1-4-9-12(2,3)10-7-5-6-8-11(10)13/h6,8,10H,4-5,7,9H2,1-3H3. The fraction of sp³-hybridized carbons (Fsp3) is 0.750. The molecule has 0 fully saturated rings. The Hall–Kier alpha value is -0.590. The van der Waals surface area contributed by atoms with E-state index in [9.17, 15) is 4.79 Å². The molecule has 0 amide bonds. The van der Waals surface area contributed by atoms with Crippen LogP contribution in [0.3, 0.4) is 0 Å². The minimum atomic E-state index is 0.191. The molecule has 13 heavy (non-hydrogen) atoms. The van der Waals surface area contributed by atoms with Crippen LogP contribution in [-0.2, 0) is 4.79 Å². The van der Waals surface area contributed by atoms with Gasteiger partial charge < -0.3 is 0 Å². The summed E-state index contributed by atoms with van der Waals surface area (Å²) in [5, 5.41) is 0. The van der Waals surface area contributed by atoms with Crippen molar-refractivity contribution in [3.8, 4) is 0 Å². The van der Waals surface area contributed by atoms with Crippen molar-refractivity contribution in [1.29, 1.82) is 0 Å². The number of carbonyl (C=O) groups is 1. The first kappa shape index (κ1) is 10.5. The fourth-order valence-corrected chi connectivity index (χ4v) is 2.32. The summed E-state index contributed by atoms with van der Waals surface area (Å²) >= 11 is 0. The summed E-state index contributed by atoms with van der Waals surface area (Å²) in [5.41, 5.74) is 0.191. The minimum Gasteiger partial charge on any atom is -0.295 e. The third-order valence-electron chi connectivity index (χ3n) is 3.09. The molecule has 0 saturated heterocycles. The Labute approximate surface area is 81.2 Å². The highest BCUT2D eigenvalue weighted by Gasteiger charge is 2.33. The van der Waals surface area contributed by atoms with Crippen LogP contribution in [-0.4, -0.2) is 5.78 Å². The van der Waals surface area contributed by atoms with Crippen LogP contribution in [0.15, 0.2) is 12.2 Å². The van der Waals surface area contributed by atoms with Gasteiger partial charge in [-0.2, -0.15) is 0 Å². The van der Waals surface area contributed by atoms with E-state index in [0.717, 1.165) is 19.3 Å². The van der Waals surface area contributed by atoms with Crippen LogP contribution in [0.5, 0.6) is 0 Å². The van der Waals surface area contributed by atoms with Gasteiger partial charge >= 0.3 is 0 Å². The second-order valence-corrected chi connectivity index (χ2v) is 4.67. The van der Waals surface area contributed by atoms with Crippen LogP contribution in [0.4, 0.5) is 0 Å². The number of carbonyl (C=O) groups excluding carboxylic acids is 1. The molecule has 0 aromatic heterocycles. The lowest BCUT2D eigenvalue weighted by Crippen LogP contribution is -2.31. The molecule has 0 radical (unpaired) electrons. The normalized spacial score (nSPS) is 23.6. The molecular formula is C12H20O. The van der Waals surface area contributed by atoms with Crippen LogP contribution >= 0.6 is 0 Å². The van der Waals surface area contributed by atoms with Gasteiger partial charge in [0.25, 0.3) is 0 Å². The molecule has 1 unspecified atom stereocenters. The zero-order valence-electron chi connectivity index (χ0n) is 8.97. The zero-order chi connectivity index (χ0) is 9.90. The molecule has 0 aromatic rings. The van der Waals surface area contributed by atoms with E-state index in [-0.39, 0.29) is 11.3 Å². The second-order valence-electron chi connectivity index (χ2n) is 4.67. The Morgan fingerprint density at radius 3 is 2.77 bits per heavy atom. The van der Waals surface area contributed by atoms with Gasteiger partial charge in [-0.05, 0) is 30.8 Å². The van der Waals surface area contributed by atoms with Crippen LogP contribution in [0.1, 0.15) is 46.5 Å². The molecule has 1 aliphatic carbocycles. The molecule has 1 atom stereocenters. The lowest BCUT2D eigenvalue weighted by Gasteiger charge is -2.33. The van der Waals surface area contributed by atoms with Gasteiger partial charge in [0.2, 0.25) is 0 Å². The molecule has 1 rings (SSSR count). The van der Waals surface area contributed by atoms with Gasteiger partial charge in [-0.25, -0.2) is 0 Å². The first-order valence-electron chi connectivity index (χ1n) is 5.28. The van der Waals surface area contributed by atoms with Gasteiger partial charge in [-0.15, -0.1) is 0 Å². The average Bonchev–Trinajstić information content (AvgIpc) is 2.04. The summed E-state index contributed by atoms with van der Waals surface area (Å²) in [5.74, 6) is 0.599. The number of hydrogen-bond acceptors (Lipinski definition) is 1. The Morgan fingerprint density at radius 1 is 1.54 bits per heavy atom. The Balaban J connectivity index is 2.69. The predicted molar refractivity (Wildman–Crippen MR) is 55.6 cm³/mol. The number of hydrogen-bond donors (Lipinski definition) is 0. The monoisotopic (exact) mass is 180 g/mol. The summed E-state index contributed by atoms with van der Waals surface area (Å²) in [6.07, 6.45) is 8.20. The molecule has 1 aliphatic rings. The van der Waals surface area contributed by atoms with E-state index in [1.165, 1.54) is 6.42 Å². The van der Waals surface area contributed by atoms with Gasteiger partial charge in [-0.3, -0.25) is 4.79 Å². The van der Waals surface area contributed by atoms with Crippen molar-refractivity contribution < 1.29 is 4.79 Å². The van der Waals surface area contributed by atoms with Gasteiger partial charge in [0.05, 0.1) is 0 Å². The van der Waals surface area contributed by atoms with E-state index in [2.05, 4.69) is 20.8 Å². The third-order valence-corrected chi connectivity index (χ3v) is 3.09. The van der Waals surface area contributed by atoms with E-state index in [4.69, 9.17) is 0 Å². The Kier molecular flexibility index (Phi) is 3.29. The summed E-state index contributed by atoms with van der Waals surface area (Å²) in [4.78, 5) is 11.6. The zero-order valence-corrected chi connectivity index (χ0v) is 8.97. The molecule has 0 bridgehead atoms.